The van der Waals surface area contributed by atoms with E-state index in [1.54, 1.807) is 0 Å². The van der Waals surface area contributed by atoms with E-state index in [1.807, 2.05) is 6.92 Å². The van der Waals surface area contributed by atoms with Gasteiger partial charge in [0.25, 0.3) is 0 Å². The zero-order valence-corrected chi connectivity index (χ0v) is 8.66. The summed E-state index contributed by atoms with van der Waals surface area (Å²) in [6.45, 7) is 2.89. The molecule has 5 nitrogen and oxygen atoms in total. The molecule has 5 heteroatoms. The summed E-state index contributed by atoms with van der Waals surface area (Å²) in [6.07, 6.45) is 0.931. The molecule has 1 fully saturated rings. The number of ether oxygens (including phenoxy) is 2. The Hall–Kier alpha value is -0.650. The third-order valence-electron chi connectivity index (χ3n) is 2.39. The number of amides is 1. The normalized spacial score (nSPS) is 28.8. The van der Waals surface area contributed by atoms with Crippen LogP contribution in [0.25, 0.3) is 0 Å². The van der Waals surface area contributed by atoms with Crippen molar-refractivity contribution in [1.29, 1.82) is 0 Å². The molecule has 0 aromatic heterocycles. The molecule has 0 aromatic rings. The van der Waals surface area contributed by atoms with Crippen molar-refractivity contribution < 1.29 is 14.3 Å². The van der Waals surface area contributed by atoms with Crippen LogP contribution in [0.2, 0.25) is 0 Å². The molecule has 14 heavy (non-hydrogen) atoms. The molecular formula is C9H18N2O3. The average molecular weight is 202 g/mol. The van der Waals surface area contributed by atoms with Crippen LogP contribution in [0.15, 0.2) is 0 Å². The maximum absolute atomic E-state index is 11.5. The van der Waals surface area contributed by atoms with Gasteiger partial charge in [-0.1, -0.05) is 0 Å². The smallest absolute Gasteiger partial charge is 0.239 e. The molecule has 0 aromatic carbocycles. The van der Waals surface area contributed by atoms with Crippen molar-refractivity contribution in [1.82, 2.24) is 5.32 Å². The van der Waals surface area contributed by atoms with Gasteiger partial charge >= 0.3 is 0 Å². The van der Waals surface area contributed by atoms with E-state index in [2.05, 4.69) is 5.32 Å². The predicted octanol–water partition coefficient (Wildman–Crippen LogP) is -0.746. The fraction of sp³-hybridized carbons (Fsp3) is 0.889. The molecule has 1 saturated heterocycles. The molecule has 0 aliphatic carbocycles. The Morgan fingerprint density at radius 2 is 2.50 bits per heavy atom. The standard InChI is InChI=1S/C9H18N2O3/c1-6-8(3-4-14-6)11-9(12)7(10)5-13-2/h6-8H,3-5,10H2,1-2H3,(H,11,12). The van der Waals surface area contributed by atoms with Gasteiger partial charge < -0.3 is 20.5 Å². The van der Waals surface area contributed by atoms with Crippen molar-refractivity contribution in [3.8, 4) is 0 Å². The van der Waals surface area contributed by atoms with Crippen LogP contribution in [0, 0.1) is 0 Å². The minimum Gasteiger partial charge on any atom is -0.383 e. The number of carbonyl (C=O) groups is 1. The van der Waals surface area contributed by atoms with Crippen LogP contribution < -0.4 is 11.1 Å². The van der Waals surface area contributed by atoms with Gasteiger partial charge in [-0.2, -0.15) is 0 Å². The Kier molecular flexibility index (Phi) is 4.31. The average Bonchev–Trinajstić information content (AvgIpc) is 2.52. The number of nitrogens with one attached hydrogen (secondary N) is 1. The molecule has 0 saturated carbocycles. The molecule has 0 radical (unpaired) electrons. The van der Waals surface area contributed by atoms with Crippen LogP contribution in [-0.2, 0) is 14.3 Å². The van der Waals surface area contributed by atoms with E-state index >= 15 is 0 Å². The van der Waals surface area contributed by atoms with E-state index in [-0.39, 0.29) is 24.7 Å². The Morgan fingerprint density at radius 3 is 3.00 bits per heavy atom. The summed E-state index contributed by atoms with van der Waals surface area (Å²) < 4.78 is 10.1. The highest BCUT2D eigenvalue weighted by Crippen LogP contribution is 2.12. The molecule has 3 atom stereocenters. The van der Waals surface area contributed by atoms with Crippen LogP contribution in [0.4, 0.5) is 0 Å². The van der Waals surface area contributed by atoms with E-state index in [0.717, 1.165) is 6.42 Å². The summed E-state index contributed by atoms with van der Waals surface area (Å²) >= 11 is 0. The SMILES string of the molecule is COCC(N)C(=O)NC1CCOC1C. The van der Waals surface area contributed by atoms with Gasteiger partial charge in [-0.05, 0) is 13.3 Å². The molecule has 1 amide bonds. The summed E-state index contributed by atoms with van der Waals surface area (Å²) in [5.41, 5.74) is 5.57. The summed E-state index contributed by atoms with van der Waals surface area (Å²) in [4.78, 5) is 11.5. The van der Waals surface area contributed by atoms with Crippen molar-refractivity contribution in [3.05, 3.63) is 0 Å². The lowest BCUT2D eigenvalue weighted by Crippen LogP contribution is -2.49. The van der Waals surface area contributed by atoms with E-state index in [1.165, 1.54) is 7.11 Å². The number of rotatable bonds is 4. The molecular weight excluding hydrogens is 184 g/mol. The van der Waals surface area contributed by atoms with Crippen LogP contribution in [0.1, 0.15) is 13.3 Å². The molecule has 1 aliphatic rings. The zero-order valence-electron chi connectivity index (χ0n) is 8.66. The van der Waals surface area contributed by atoms with Crippen molar-refractivity contribution in [2.45, 2.75) is 31.5 Å². The fourth-order valence-corrected chi connectivity index (χ4v) is 1.47. The Labute approximate surface area is 83.9 Å². The van der Waals surface area contributed by atoms with E-state index in [0.29, 0.717) is 6.61 Å². The summed E-state index contributed by atoms with van der Waals surface area (Å²) in [6, 6.07) is -0.502. The lowest BCUT2D eigenvalue weighted by Gasteiger charge is -2.18. The number of methoxy groups -OCH3 is 1. The second kappa shape index (κ2) is 5.29. The first-order valence-electron chi connectivity index (χ1n) is 4.81. The highest BCUT2D eigenvalue weighted by molar-refractivity contribution is 5.81. The van der Waals surface area contributed by atoms with E-state index in [9.17, 15) is 4.79 Å². The van der Waals surface area contributed by atoms with Crippen LogP contribution in [0.3, 0.4) is 0 Å². The van der Waals surface area contributed by atoms with Gasteiger partial charge in [0, 0.05) is 13.7 Å². The monoisotopic (exact) mass is 202 g/mol. The summed E-state index contributed by atoms with van der Waals surface area (Å²) in [5, 5.41) is 2.84. The Bertz CT molecular complexity index is 198. The molecule has 3 unspecified atom stereocenters. The molecule has 82 valence electrons. The van der Waals surface area contributed by atoms with Gasteiger partial charge in [0.2, 0.25) is 5.91 Å². The van der Waals surface area contributed by atoms with Crippen molar-refractivity contribution in [2.24, 2.45) is 5.73 Å². The Morgan fingerprint density at radius 1 is 1.79 bits per heavy atom. The lowest BCUT2D eigenvalue weighted by atomic mass is 10.1. The third kappa shape index (κ3) is 2.94. The quantitative estimate of drug-likeness (QED) is 0.629. The first kappa shape index (κ1) is 11.4. The largest absolute Gasteiger partial charge is 0.383 e. The maximum atomic E-state index is 11.5. The molecule has 1 aliphatic heterocycles. The van der Waals surface area contributed by atoms with Crippen molar-refractivity contribution in [2.75, 3.05) is 20.3 Å². The zero-order chi connectivity index (χ0) is 10.6. The van der Waals surface area contributed by atoms with Crippen LogP contribution in [0.5, 0.6) is 0 Å². The van der Waals surface area contributed by atoms with Gasteiger partial charge in [-0.15, -0.1) is 0 Å². The van der Waals surface area contributed by atoms with Gasteiger partial charge in [-0.25, -0.2) is 0 Å². The molecule has 0 spiro atoms. The molecule has 0 bridgehead atoms. The predicted molar refractivity (Wildman–Crippen MR) is 51.8 cm³/mol. The van der Waals surface area contributed by atoms with Gasteiger partial charge in [0.15, 0.2) is 0 Å². The summed E-state index contributed by atoms with van der Waals surface area (Å²) in [5.74, 6) is -0.172. The van der Waals surface area contributed by atoms with Crippen LogP contribution in [-0.4, -0.2) is 44.4 Å². The number of nitrogens with two attached hydrogens (primary N) is 1. The van der Waals surface area contributed by atoms with Crippen molar-refractivity contribution in [3.63, 3.8) is 0 Å². The minimum atomic E-state index is -0.590. The first-order valence-corrected chi connectivity index (χ1v) is 4.81. The third-order valence-corrected chi connectivity index (χ3v) is 2.39. The van der Waals surface area contributed by atoms with Gasteiger partial charge in [0.05, 0.1) is 18.8 Å². The number of hydrogen-bond acceptors (Lipinski definition) is 4. The second-order valence-corrected chi connectivity index (χ2v) is 3.54. The fourth-order valence-electron chi connectivity index (χ4n) is 1.47. The Balaban J connectivity index is 2.32. The number of carbonyl (C=O) groups excluding carboxylic acids is 1. The van der Waals surface area contributed by atoms with E-state index < -0.39 is 6.04 Å². The molecule has 3 N–H and O–H groups in total. The van der Waals surface area contributed by atoms with Gasteiger partial charge in [0.1, 0.15) is 6.04 Å². The highest BCUT2D eigenvalue weighted by atomic mass is 16.5. The topological polar surface area (TPSA) is 73.6 Å². The number of hydrogen-bond donors (Lipinski definition) is 2. The van der Waals surface area contributed by atoms with Crippen molar-refractivity contribution >= 4 is 5.91 Å². The lowest BCUT2D eigenvalue weighted by molar-refractivity contribution is -0.124. The first-order chi connectivity index (χ1) is 6.65. The van der Waals surface area contributed by atoms with Crippen LogP contribution >= 0.6 is 0 Å². The molecule has 1 rings (SSSR count). The van der Waals surface area contributed by atoms with E-state index in [4.69, 9.17) is 15.2 Å². The van der Waals surface area contributed by atoms with Gasteiger partial charge in [-0.3, -0.25) is 4.79 Å². The summed E-state index contributed by atoms with van der Waals surface area (Å²) in [7, 11) is 1.52. The maximum Gasteiger partial charge on any atom is 0.239 e. The second-order valence-electron chi connectivity index (χ2n) is 3.54. The highest BCUT2D eigenvalue weighted by Gasteiger charge is 2.27. The minimum absolute atomic E-state index is 0.0775. The molecule has 1 heterocycles.